The molecule has 0 spiro atoms. The Hall–Kier alpha value is -6.61. The molecule has 8 aromatic rings. The standard InChI is InChI=1S/C61H85N21O29P4S3/c1-26-15-78(59(85)74-46(26)62)54-41(95-11-8-92-5)38(83)31(104-54)17-99-113(89,116)110-40-33(106-56(43(40)97-13-10-94-7)82-25-73-37-52(82)76-58(66)77-53(37)84)19-100-114(90,117)109-39-32(105-55(42(39)96-12-9-93-6)81-24-72-36-49(65)68-22-70-51(36)81)18-98-112(87,88)111-45-44-57(79-16-27(2)47(63)75-60(79)86)107-61(45,29(4)103-44)20-101-115(91,118)108-30-14-34(102-28(30)3)80-23-71-35-48(64)67-21-69-50(35)80/h15-16,21-25,28-34,38-45,54-57,83H,8-14,17-20H2,1-7H3,(H,87,88)(H,89,116)(H,90,117)(H,91,118)(H2,62,74,85)(H2,63,75,86)(H2,64,67,69)(H2,65,68,70)(H3,66,76,77,84)/t28-,29+,30?,31-,32-,33-,34-,38?,39?,40?,41+,42+,43+,44+,45?,54-,55-,56-,57-,61+,113?,114?,115?/m1/s1. The van der Waals surface area contributed by atoms with E-state index >= 15 is 4.57 Å². The van der Waals surface area contributed by atoms with Gasteiger partial charge >= 0.3 is 39.4 Å². The summed E-state index contributed by atoms with van der Waals surface area (Å²) in [7, 11) is -1.43. The molecule has 646 valence electrons. The highest BCUT2D eigenvalue weighted by atomic mass is 32.5. The zero-order chi connectivity index (χ0) is 84.2. The molecule has 50 nitrogen and oxygen atoms in total. The first-order valence-corrected chi connectivity index (χ1v) is 45.2. The summed E-state index contributed by atoms with van der Waals surface area (Å²) >= 11 is 17.2. The number of hydrogen-bond donors (Lipinski definition) is 11. The average Bonchev–Trinajstić information content (AvgIpc) is 1.55. The van der Waals surface area contributed by atoms with Crippen molar-refractivity contribution in [3.05, 3.63) is 86.5 Å². The normalized spacial score (nSPS) is 31.1. The van der Waals surface area contributed by atoms with E-state index < -0.39 is 194 Å². The van der Waals surface area contributed by atoms with Crippen molar-refractivity contribution in [2.45, 2.75) is 156 Å². The number of phosphoric acid groups is 1. The molecule has 6 saturated heterocycles. The SMILES string of the molecule is COCCO[C@H]1C(O)[C@@H](COP(O)(=S)OC2[C@@H](COP(O)(=S)OC3[C@@H](COP(=O)(O)OC4[C@@H]5O[C@@H](C)[C@]4(COP(O)(=S)OC4C[C@H](n6cnc7c(N)ncnc76)O[C@@H]4C)O[C@H]5n4cc(C)c(N)nc4=O)O[C@@H](n4cnc5c(N)ncnc54)[C@H]3OCCOC)O[C@@H](n3cnc4c(=O)[nH]c(N)nc43)[C@H]2OCCOC)O[C@H]1n1cc(C)c(N)nc1=O. The number of methoxy groups -OCH3 is 3. The average molecular weight is 1800 g/mol. The fraction of sp³-hybridized carbons (Fsp3) is 0.623. The number of anilines is 5. The Bertz CT molecular complexity index is 5370. The topological polar surface area (TPSA) is 653 Å². The maximum atomic E-state index is 15.1. The highest BCUT2D eigenvalue weighted by Gasteiger charge is 2.69. The van der Waals surface area contributed by atoms with Crippen molar-refractivity contribution in [3.63, 3.8) is 0 Å². The van der Waals surface area contributed by atoms with E-state index in [2.05, 4.69) is 54.8 Å². The van der Waals surface area contributed by atoms with Gasteiger partial charge in [-0.25, -0.2) is 49.0 Å². The van der Waals surface area contributed by atoms with Crippen molar-refractivity contribution in [1.29, 1.82) is 0 Å². The molecular formula is C61H85N21O29P4S3. The number of rotatable bonds is 37. The van der Waals surface area contributed by atoms with Crippen molar-refractivity contribution < 1.29 is 122 Å². The van der Waals surface area contributed by atoms with Crippen LogP contribution in [0.2, 0.25) is 0 Å². The fourth-order valence-electron chi connectivity index (χ4n) is 14.3. The number of hydrogen-bond acceptors (Lipinski definition) is 43. The van der Waals surface area contributed by atoms with Crippen LogP contribution < -0.4 is 45.6 Å². The summed E-state index contributed by atoms with van der Waals surface area (Å²) < 4.78 is 144. The molecule has 2 bridgehead atoms. The number of H-pyrrole nitrogens is 1. The van der Waals surface area contributed by atoms with Gasteiger partial charge in [0.2, 0.25) is 5.95 Å². The summed E-state index contributed by atoms with van der Waals surface area (Å²) in [5, 5.41) is 11.8. The van der Waals surface area contributed by atoms with Gasteiger partial charge in [0, 0.05) is 51.3 Å². The van der Waals surface area contributed by atoms with E-state index in [1.165, 1.54) is 75.1 Å². The molecule has 6 fully saturated rings. The van der Waals surface area contributed by atoms with E-state index in [0.29, 0.717) is 22.3 Å². The molecule has 0 saturated carbocycles. The summed E-state index contributed by atoms with van der Waals surface area (Å²) in [6.45, 7) is -11.7. The quantitative estimate of drug-likeness (QED) is 0.0159. The lowest BCUT2D eigenvalue weighted by Crippen LogP contribution is -2.51. The van der Waals surface area contributed by atoms with Crippen LogP contribution in [0.1, 0.15) is 62.5 Å². The van der Waals surface area contributed by atoms with Gasteiger partial charge in [0.15, 0.2) is 59.0 Å². The minimum Gasteiger partial charge on any atom is -0.387 e. The third-order valence-corrected chi connectivity index (χ3v) is 25.8. The number of imidazole rings is 3. The Morgan fingerprint density at radius 3 is 1.57 bits per heavy atom. The Morgan fingerprint density at radius 1 is 0.534 bits per heavy atom. The number of phosphoric ester groups is 1. The van der Waals surface area contributed by atoms with E-state index in [9.17, 15) is 39.1 Å². The summed E-state index contributed by atoms with van der Waals surface area (Å²) in [6.07, 6.45) is -17.3. The maximum absolute atomic E-state index is 15.1. The number of aliphatic hydroxyl groups excluding tert-OH is 1. The summed E-state index contributed by atoms with van der Waals surface area (Å²) in [5.41, 5.74) is 27.0. The minimum absolute atomic E-state index is 0.0511. The number of ether oxygens (including phenoxy) is 12. The second kappa shape index (κ2) is 35.7. The number of aliphatic hydroxyl groups is 1. The van der Waals surface area contributed by atoms with Crippen LogP contribution in [0.3, 0.4) is 0 Å². The summed E-state index contributed by atoms with van der Waals surface area (Å²) in [5.74, 6) is -0.416. The van der Waals surface area contributed by atoms with Gasteiger partial charge in [-0.3, -0.25) is 50.7 Å². The Labute approximate surface area is 681 Å². The smallest absolute Gasteiger partial charge is 0.387 e. The molecule has 14 heterocycles. The first kappa shape index (κ1) is 87.7. The fourth-order valence-corrected chi connectivity index (χ4v) is 19.7. The summed E-state index contributed by atoms with van der Waals surface area (Å²) in [6, 6.07) is 0. The molecule has 0 aliphatic carbocycles. The number of aromatic amines is 1. The molecule has 14 rings (SSSR count). The lowest BCUT2D eigenvalue weighted by Gasteiger charge is -2.37. The predicted molar refractivity (Wildman–Crippen MR) is 414 cm³/mol. The van der Waals surface area contributed by atoms with Crippen LogP contribution in [-0.2, 0) is 133 Å². The molecular weight excluding hydrogens is 1710 g/mol. The molecule has 16 N–H and O–H groups in total. The van der Waals surface area contributed by atoms with E-state index in [0.717, 1.165) is 15.5 Å². The molecule has 24 atom stereocenters. The minimum atomic E-state index is -5.63. The second-order valence-electron chi connectivity index (χ2n) is 27.7. The van der Waals surface area contributed by atoms with Crippen LogP contribution in [0, 0.1) is 13.8 Å². The monoisotopic (exact) mass is 1800 g/mol. The van der Waals surface area contributed by atoms with Gasteiger partial charge in [-0.1, -0.05) is 0 Å². The lowest BCUT2D eigenvalue weighted by molar-refractivity contribution is -0.216. The number of aryl methyl sites for hydroxylation is 2. The molecule has 8 aromatic heterocycles. The maximum Gasteiger partial charge on any atom is 0.472 e. The number of nitrogens with two attached hydrogens (primary N) is 5. The van der Waals surface area contributed by atoms with E-state index in [4.69, 9.17) is 157 Å². The predicted octanol–water partition coefficient (Wildman–Crippen LogP) is -1.29. The number of nitrogens with zero attached hydrogens (tertiary/aromatic N) is 15. The molecule has 0 radical (unpaired) electrons. The van der Waals surface area contributed by atoms with Crippen LogP contribution in [0.5, 0.6) is 0 Å². The molecule has 9 unspecified atom stereocenters. The van der Waals surface area contributed by atoms with Crippen molar-refractivity contribution in [2.24, 2.45) is 0 Å². The first-order valence-electron chi connectivity index (χ1n) is 36.0. The van der Waals surface area contributed by atoms with Crippen LogP contribution in [0.15, 0.2) is 58.4 Å². The van der Waals surface area contributed by atoms with Crippen LogP contribution in [0.4, 0.5) is 29.2 Å². The number of nitrogens with one attached hydrogen (secondary N) is 1. The highest BCUT2D eigenvalue weighted by molar-refractivity contribution is 8.07. The Balaban J connectivity index is 0.744. The van der Waals surface area contributed by atoms with Crippen molar-refractivity contribution in [2.75, 3.05) is 116 Å². The molecule has 0 aromatic carbocycles. The van der Waals surface area contributed by atoms with Gasteiger partial charge in [-0.15, -0.1) is 0 Å². The van der Waals surface area contributed by atoms with Crippen molar-refractivity contribution in [3.8, 4) is 0 Å². The van der Waals surface area contributed by atoms with E-state index in [1.54, 1.807) is 25.3 Å². The van der Waals surface area contributed by atoms with Gasteiger partial charge in [0.05, 0.1) is 103 Å². The van der Waals surface area contributed by atoms with Gasteiger partial charge in [-0.05, 0) is 63.1 Å². The van der Waals surface area contributed by atoms with Crippen LogP contribution in [-0.4, -0.2) is 281 Å². The summed E-state index contributed by atoms with van der Waals surface area (Å²) in [4.78, 5) is 133. The molecule has 6 aliphatic heterocycles. The van der Waals surface area contributed by atoms with Crippen molar-refractivity contribution >= 4 is 126 Å². The van der Waals surface area contributed by atoms with E-state index in [-0.39, 0.29) is 97.6 Å². The van der Waals surface area contributed by atoms with Gasteiger partial charge in [-0.2, -0.15) is 15.0 Å². The lowest BCUT2D eigenvalue weighted by atomic mass is 9.94. The Kier molecular flexibility index (Phi) is 26.5. The van der Waals surface area contributed by atoms with Crippen LogP contribution >= 0.6 is 28.0 Å². The third kappa shape index (κ3) is 18.2. The second-order valence-corrected chi connectivity index (χ2v) is 37.5. The Morgan fingerprint density at radius 2 is 1.01 bits per heavy atom. The number of fused-ring (bicyclic) bond motifs is 5. The van der Waals surface area contributed by atoms with Crippen molar-refractivity contribution in [1.82, 2.24) is 77.7 Å². The molecule has 57 heteroatoms. The molecule has 6 aliphatic rings. The van der Waals surface area contributed by atoms with Crippen LogP contribution in [0.25, 0.3) is 33.5 Å². The number of nitrogen functional groups attached to an aromatic ring is 5. The number of aromatic nitrogens is 16. The molecule has 118 heavy (non-hydrogen) atoms. The first-order chi connectivity index (χ1) is 56.1. The largest absolute Gasteiger partial charge is 0.472 e. The zero-order valence-corrected chi connectivity index (χ0v) is 69.5. The molecule has 0 amide bonds. The van der Waals surface area contributed by atoms with E-state index in [1.807, 2.05) is 0 Å². The zero-order valence-electron chi connectivity index (χ0n) is 63.4. The third-order valence-electron chi connectivity index (χ3n) is 20.1. The van der Waals surface area contributed by atoms with Gasteiger partial charge < -0.3 is 128 Å². The van der Waals surface area contributed by atoms with Gasteiger partial charge in [0.1, 0.15) is 114 Å². The highest BCUT2D eigenvalue weighted by Crippen LogP contribution is 2.60. The van der Waals surface area contributed by atoms with Gasteiger partial charge in [0.25, 0.3) is 5.56 Å².